The molecule has 0 aliphatic carbocycles. The summed E-state index contributed by atoms with van der Waals surface area (Å²) in [6, 6.07) is 12.3. The largest absolute Gasteiger partial charge is 0.341 e. The van der Waals surface area contributed by atoms with Crippen molar-refractivity contribution in [1.82, 2.24) is 29.7 Å². The van der Waals surface area contributed by atoms with Crippen LogP contribution in [0.25, 0.3) is 11.2 Å². The van der Waals surface area contributed by atoms with E-state index in [-0.39, 0.29) is 30.0 Å². The molecule has 1 fully saturated rings. The van der Waals surface area contributed by atoms with Gasteiger partial charge in [0.1, 0.15) is 33.8 Å². The third-order valence-corrected chi connectivity index (χ3v) is 9.14. The number of halogens is 2. The molecule has 1 aliphatic rings. The number of H-pyrrole nitrogens is 1. The number of nitrogens with zero attached hydrogens (tertiary/aromatic N) is 5. The molecular weight excluding hydrogens is 534 g/mol. The molecule has 0 saturated carbocycles. The van der Waals surface area contributed by atoms with Gasteiger partial charge in [-0.1, -0.05) is 24.3 Å². The van der Waals surface area contributed by atoms with Crippen LogP contribution in [-0.4, -0.2) is 86.4 Å². The van der Waals surface area contributed by atoms with Crippen molar-refractivity contribution in [3.05, 3.63) is 83.9 Å². The first-order chi connectivity index (χ1) is 18.3. The molecule has 200 valence electrons. The lowest BCUT2D eigenvalue weighted by Gasteiger charge is -2.40. The SMILES string of the molecule is O=S(=O)(O)C(CSc1ncnc2nc[nH]c12)CN1CCN(C(c2ccc(F)cc2)c2ccc(F)cc2)CC1. The Hall–Kier alpha value is -2.97. The predicted octanol–water partition coefficient (Wildman–Crippen LogP) is 3.39. The van der Waals surface area contributed by atoms with Crippen LogP contribution in [0.1, 0.15) is 17.2 Å². The lowest BCUT2D eigenvalue weighted by molar-refractivity contribution is 0.110. The third kappa shape index (κ3) is 6.18. The van der Waals surface area contributed by atoms with E-state index in [4.69, 9.17) is 0 Å². The molecule has 38 heavy (non-hydrogen) atoms. The fourth-order valence-corrected chi connectivity index (χ4v) is 6.81. The van der Waals surface area contributed by atoms with Gasteiger partial charge in [-0.05, 0) is 35.4 Å². The maximum Gasteiger partial charge on any atom is 0.269 e. The van der Waals surface area contributed by atoms with Crippen LogP contribution < -0.4 is 0 Å². The summed E-state index contributed by atoms with van der Waals surface area (Å²) in [7, 11) is -4.31. The summed E-state index contributed by atoms with van der Waals surface area (Å²) in [6.07, 6.45) is 2.86. The van der Waals surface area contributed by atoms with Crippen molar-refractivity contribution in [2.45, 2.75) is 16.3 Å². The van der Waals surface area contributed by atoms with Gasteiger partial charge in [0.25, 0.3) is 10.1 Å². The van der Waals surface area contributed by atoms with Crippen LogP contribution in [0.3, 0.4) is 0 Å². The second kappa shape index (κ2) is 11.4. The predicted molar refractivity (Wildman–Crippen MR) is 140 cm³/mol. The zero-order chi connectivity index (χ0) is 26.7. The number of hydrogen-bond donors (Lipinski definition) is 2. The van der Waals surface area contributed by atoms with E-state index in [0.29, 0.717) is 42.4 Å². The number of rotatable bonds is 9. The average molecular weight is 561 g/mol. The Morgan fingerprint density at radius 1 is 0.921 bits per heavy atom. The summed E-state index contributed by atoms with van der Waals surface area (Å²) in [6.45, 7) is 2.49. The molecule has 1 atom stereocenters. The van der Waals surface area contributed by atoms with E-state index in [1.165, 1.54) is 48.7 Å². The third-order valence-electron chi connectivity index (χ3n) is 6.62. The Labute approximate surface area is 223 Å². The topological polar surface area (TPSA) is 115 Å². The van der Waals surface area contributed by atoms with Gasteiger partial charge >= 0.3 is 0 Å². The second-order valence-corrected chi connectivity index (χ2v) is 11.8. The van der Waals surface area contributed by atoms with Crippen molar-refractivity contribution < 1.29 is 21.8 Å². The summed E-state index contributed by atoms with van der Waals surface area (Å²) < 4.78 is 61.6. The Bertz CT molecular complexity index is 1430. The maximum absolute atomic E-state index is 13.6. The minimum absolute atomic E-state index is 0.109. The van der Waals surface area contributed by atoms with Gasteiger partial charge in [-0.2, -0.15) is 8.42 Å². The Morgan fingerprint density at radius 2 is 1.53 bits per heavy atom. The van der Waals surface area contributed by atoms with Gasteiger partial charge in [-0.15, -0.1) is 11.8 Å². The molecule has 1 saturated heterocycles. The number of aromatic nitrogens is 4. The number of fused-ring (bicyclic) bond motifs is 1. The molecule has 0 bridgehead atoms. The smallest absolute Gasteiger partial charge is 0.269 e. The minimum Gasteiger partial charge on any atom is -0.341 e. The molecule has 5 rings (SSSR count). The summed E-state index contributed by atoms with van der Waals surface area (Å²) in [5.74, 6) is -0.556. The highest BCUT2D eigenvalue weighted by Gasteiger charge is 2.31. The fraction of sp³-hybridized carbons (Fsp3) is 0.320. The number of imidazole rings is 1. The van der Waals surface area contributed by atoms with Gasteiger partial charge in [0.2, 0.25) is 0 Å². The summed E-state index contributed by atoms with van der Waals surface area (Å²) in [5, 5.41) is -0.454. The number of nitrogens with one attached hydrogen (secondary N) is 1. The molecule has 2 N–H and O–H groups in total. The van der Waals surface area contributed by atoms with Crippen molar-refractivity contribution >= 4 is 33.0 Å². The molecule has 0 radical (unpaired) electrons. The summed E-state index contributed by atoms with van der Waals surface area (Å²) in [5.41, 5.74) is 2.87. The Kier molecular flexibility index (Phi) is 8.00. The minimum atomic E-state index is -4.31. The molecule has 4 aromatic rings. The van der Waals surface area contributed by atoms with Crippen LogP contribution in [0.15, 0.2) is 66.2 Å². The van der Waals surface area contributed by atoms with Crippen LogP contribution in [0.4, 0.5) is 8.78 Å². The fourth-order valence-electron chi connectivity index (χ4n) is 4.65. The molecule has 13 heteroatoms. The number of aromatic amines is 1. The number of thioether (sulfide) groups is 1. The van der Waals surface area contributed by atoms with Crippen LogP contribution in [0, 0.1) is 11.6 Å². The summed E-state index contributed by atoms with van der Waals surface area (Å²) in [4.78, 5) is 19.5. The number of piperazine rings is 1. The van der Waals surface area contributed by atoms with Gasteiger partial charge < -0.3 is 4.98 Å². The van der Waals surface area contributed by atoms with Gasteiger partial charge in [0.05, 0.1) is 12.4 Å². The van der Waals surface area contributed by atoms with Crippen molar-refractivity contribution in [2.24, 2.45) is 0 Å². The lowest BCUT2D eigenvalue weighted by atomic mass is 9.96. The van der Waals surface area contributed by atoms with Crippen molar-refractivity contribution in [3.8, 4) is 0 Å². The number of benzene rings is 2. The van der Waals surface area contributed by atoms with Crippen molar-refractivity contribution in [2.75, 3.05) is 38.5 Å². The molecule has 1 unspecified atom stereocenters. The van der Waals surface area contributed by atoms with Gasteiger partial charge in [0, 0.05) is 38.5 Å². The molecule has 9 nitrogen and oxygen atoms in total. The van der Waals surface area contributed by atoms with Gasteiger partial charge in [-0.3, -0.25) is 14.4 Å². The van der Waals surface area contributed by atoms with Crippen LogP contribution >= 0.6 is 11.8 Å². The van der Waals surface area contributed by atoms with E-state index in [0.717, 1.165) is 11.1 Å². The molecule has 3 heterocycles. The van der Waals surface area contributed by atoms with E-state index < -0.39 is 15.4 Å². The highest BCUT2D eigenvalue weighted by molar-refractivity contribution is 8.00. The highest BCUT2D eigenvalue weighted by atomic mass is 32.2. The average Bonchev–Trinajstić information content (AvgIpc) is 3.39. The lowest BCUT2D eigenvalue weighted by Crippen LogP contribution is -2.50. The quantitative estimate of drug-likeness (QED) is 0.181. The maximum atomic E-state index is 13.6. The van der Waals surface area contributed by atoms with Crippen molar-refractivity contribution in [3.63, 3.8) is 0 Å². The zero-order valence-corrected chi connectivity index (χ0v) is 21.9. The first-order valence-corrected chi connectivity index (χ1v) is 14.5. The molecular formula is C25H26F2N6O3S2. The molecule has 0 spiro atoms. The Balaban J connectivity index is 1.26. The van der Waals surface area contributed by atoms with Gasteiger partial charge in [-0.25, -0.2) is 23.7 Å². The van der Waals surface area contributed by atoms with E-state index in [1.807, 2.05) is 4.90 Å². The monoisotopic (exact) mass is 560 g/mol. The van der Waals surface area contributed by atoms with Crippen LogP contribution in [0.2, 0.25) is 0 Å². The van der Waals surface area contributed by atoms with E-state index >= 15 is 0 Å². The molecule has 1 aliphatic heterocycles. The van der Waals surface area contributed by atoms with E-state index in [9.17, 15) is 21.8 Å². The molecule has 2 aromatic heterocycles. The second-order valence-electron chi connectivity index (χ2n) is 9.07. The molecule has 2 aromatic carbocycles. The van der Waals surface area contributed by atoms with E-state index in [1.54, 1.807) is 24.3 Å². The standard InChI is InChI=1S/C25H26F2N6O3S2/c26-19-5-1-17(2-6-19)23(18-3-7-20(27)8-4-18)33-11-9-32(10-12-33)13-21(38(34,35)36)14-37-25-22-24(29-15-28-22)30-16-31-25/h1-8,15-16,21,23H,9-14H2,(H,34,35,36)(H,28,29,30,31). The normalized spacial score (nSPS) is 16.3. The van der Waals surface area contributed by atoms with Crippen LogP contribution in [0.5, 0.6) is 0 Å². The Morgan fingerprint density at radius 3 is 2.11 bits per heavy atom. The van der Waals surface area contributed by atoms with Crippen molar-refractivity contribution in [1.29, 1.82) is 0 Å². The van der Waals surface area contributed by atoms with E-state index in [2.05, 4.69) is 24.8 Å². The first kappa shape index (κ1) is 26.6. The highest BCUT2D eigenvalue weighted by Crippen LogP contribution is 2.30. The number of hydrogen-bond acceptors (Lipinski definition) is 8. The summed E-state index contributed by atoms with van der Waals surface area (Å²) >= 11 is 1.22. The molecule has 0 amide bonds. The van der Waals surface area contributed by atoms with Gasteiger partial charge in [0.15, 0.2) is 5.65 Å². The van der Waals surface area contributed by atoms with Crippen LogP contribution in [-0.2, 0) is 10.1 Å². The first-order valence-electron chi connectivity index (χ1n) is 12.0. The zero-order valence-electron chi connectivity index (χ0n) is 20.2.